The van der Waals surface area contributed by atoms with Crippen molar-refractivity contribution >= 4 is 11.6 Å². The zero-order valence-electron chi connectivity index (χ0n) is 10.6. The summed E-state index contributed by atoms with van der Waals surface area (Å²) in [5, 5.41) is 3.32. The molecular weight excluding hydrogens is 212 g/mol. The number of rotatable bonds is 4. The van der Waals surface area contributed by atoms with Gasteiger partial charge in [0, 0.05) is 24.6 Å². The molecule has 2 aromatic rings. The van der Waals surface area contributed by atoms with E-state index in [0.29, 0.717) is 0 Å². The number of nitrogens with zero attached hydrogens (tertiary/aromatic N) is 3. The molecule has 4 nitrogen and oxygen atoms in total. The van der Waals surface area contributed by atoms with Gasteiger partial charge in [-0.25, -0.2) is 4.98 Å². The van der Waals surface area contributed by atoms with Gasteiger partial charge in [-0.05, 0) is 32.4 Å². The van der Waals surface area contributed by atoms with Crippen molar-refractivity contribution in [3.8, 4) is 0 Å². The molecule has 0 aliphatic rings. The molecule has 0 bridgehead atoms. The fraction of sp³-hybridized carbons (Fsp3) is 0.385. The molecule has 0 aromatic carbocycles. The van der Waals surface area contributed by atoms with E-state index in [2.05, 4.69) is 26.8 Å². The van der Waals surface area contributed by atoms with E-state index in [9.17, 15) is 0 Å². The molecule has 0 atom stereocenters. The van der Waals surface area contributed by atoms with Gasteiger partial charge in [0.1, 0.15) is 0 Å². The third kappa shape index (κ3) is 2.64. The number of pyridine rings is 1. The maximum Gasteiger partial charge on any atom is 0.207 e. The molecule has 0 saturated carbocycles. The molecule has 0 aliphatic carbocycles. The molecule has 0 aliphatic heterocycles. The molecule has 0 radical (unpaired) electrons. The predicted molar refractivity (Wildman–Crippen MR) is 69.5 cm³/mol. The van der Waals surface area contributed by atoms with Crippen LogP contribution in [0.15, 0.2) is 24.5 Å². The molecule has 17 heavy (non-hydrogen) atoms. The number of hydrogen-bond acceptors (Lipinski definition) is 3. The molecule has 0 unspecified atom stereocenters. The van der Waals surface area contributed by atoms with Gasteiger partial charge in [-0.2, -0.15) is 0 Å². The van der Waals surface area contributed by atoms with Gasteiger partial charge in [0.05, 0.1) is 11.4 Å². The van der Waals surface area contributed by atoms with Crippen LogP contribution in [0.4, 0.5) is 11.6 Å². The van der Waals surface area contributed by atoms with Gasteiger partial charge < -0.3 is 9.88 Å². The van der Waals surface area contributed by atoms with Gasteiger partial charge in [0.15, 0.2) is 0 Å². The molecule has 2 rings (SSSR count). The van der Waals surface area contributed by atoms with E-state index >= 15 is 0 Å². The summed E-state index contributed by atoms with van der Waals surface area (Å²) in [5.74, 6) is 0.876. The summed E-state index contributed by atoms with van der Waals surface area (Å²) < 4.78 is 2.11. The van der Waals surface area contributed by atoms with Crippen LogP contribution in [0, 0.1) is 13.8 Å². The van der Waals surface area contributed by atoms with E-state index < -0.39 is 0 Å². The van der Waals surface area contributed by atoms with E-state index in [-0.39, 0.29) is 0 Å². The van der Waals surface area contributed by atoms with E-state index in [1.54, 1.807) is 0 Å². The molecule has 2 heterocycles. The maximum atomic E-state index is 4.43. The molecule has 4 heteroatoms. The van der Waals surface area contributed by atoms with Crippen LogP contribution in [0.5, 0.6) is 0 Å². The highest BCUT2D eigenvalue weighted by Crippen LogP contribution is 2.18. The van der Waals surface area contributed by atoms with E-state index in [1.807, 2.05) is 38.4 Å². The molecule has 0 fully saturated rings. The van der Waals surface area contributed by atoms with Crippen LogP contribution >= 0.6 is 0 Å². The summed E-state index contributed by atoms with van der Waals surface area (Å²) >= 11 is 0. The van der Waals surface area contributed by atoms with Crippen molar-refractivity contribution < 1.29 is 0 Å². The summed E-state index contributed by atoms with van der Waals surface area (Å²) in [4.78, 5) is 8.75. The fourth-order valence-electron chi connectivity index (χ4n) is 1.79. The minimum absolute atomic E-state index is 0.876. The zero-order chi connectivity index (χ0) is 12.3. The second-order valence-corrected chi connectivity index (χ2v) is 4.15. The molecule has 90 valence electrons. The maximum absolute atomic E-state index is 4.43. The normalized spacial score (nSPS) is 10.5. The van der Waals surface area contributed by atoms with E-state index in [1.165, 1.54) is 0 Å². The minimum Gasteiger partial charge on any atom is -0.324 e. The van der Waals surface area contributed by atoms with Gasteiger partial charge >= 0.3 is 0 Å². The van der Waals surface area contributed by atoms with Gasteiger partial charge in [-0.3, -0.25) is 4.98 Å². The highest BCUT2D eigenvalue weighted by atomic mass is 15.2. The third-order valence-corrected chi connectivity index (χ3v) is 2.65. The second-order valence-electron chi connectivity index (χ2n) is 4.15. The Morgan fingerprint density at radius 3 is 2.82 bits per heavy atom. The smallest absolute Gasteiger partial charge is 0.207 e. The summed E-state index contributed by atoms with van der Waals surface area (Å²) in [6.45, 7) is 7.13. The quantitative estimate of drug-likeness (QED) is 0.877. The lowest BCUT2D eigenvalue weighted by Gasteiger charge is -2.10. The largest absolute Gasteiger partial charge is 0.324 e. The lowest BCUT2D eigenvalue weighted by atomic mass is 10.3. The Bertz CT molecular complexity index is 502. The SMILES string of the molecule is CCCn1ccnc1Nc1ccc(C)nc1C. The van der Waals surface area contributed by atoms with Gasteiger partial charge in [0.25, 0.3) is 0 Å². The van der Waals surface area contributed by atoms with E-state index in [0.717, 1.165) is 36.0 Å². The summed E-state index contributed by atoms with van der Waals surface area (Å²) in [5.41, 5.74) is 3.04. The van der Waals surface area contributed by atoms with Crippen LogP contribution < -0.4 is 5.32 Å². The molecule has 1 N–H and O–H groups in total. The summed E-state index contributed by atoms with van der Waals surface area (Å²) in [7, 11) is 0. The Morgan fingerprint density at radius 2 is 2.12 bits per heavy atom. The van der Waals surface area contributed by atoms with Crippen molar-refractivity contribution in [2.75, 3.05) is 5.32 Å². The Hall–Kier alpha value is -1.84. The molecule has 0 amide bonds. The van der Waals surface area contributed by atoms with Crippen LogP contribution in [0.1, 0.15) is 24.7 Å². The predicted octanol–water partition coefficient (Wildman–Crippen LogP) is 3.05. The Balaban J connectivity index is 2.22. The lowest BCUT2D eigenvalue weighted by molar-refractivity contribution is 0.686. The van der Waals surface area contributed by atoms with Crippen LogP contribution in [-0.4, -0.2) is 14.5 Å². The number of aryl methyl sites for hydroxylation is 3. The van der Waals surface area contributed by atoms with Crippen molar-refractivity contribution in [1.82, 2.24) is 14.5 Å². The van der Waals surface area contributed by atoms with Gasteiger partial charge in [-0.1, -0.05) is 6.92 Å². The van der Waals surface area contributed by atoms with Crippen molar-refractivity contribution in [3.63, 3.8) is 0 Å². The highest BCUT2D eigenvalue weighted by molar-refractivity contribution is 5.56. The van der Waals surface area contributed by atoms with Gasteiger partial charge in [0.2, 0.25) is 5.95 Å². The third-order valence-electron chi connectivity index (χ3n) is 2.65. The number of anilines is 2. The van der Waals surface area contributed by atoms with Gasteiger partial charge in [-0.15, -0.1) is 0 Å². The zero-order valence-corrected chi connectivity index (χ0v) is 10.6. The van der Waals surface area contributed by atoms with Crippen molar-refractivity contribution in [2.45, 2.75) is 33.7 Å². The second kappa shape index (κ2) is 4.99. The molecule has 2 aromatic heterocycles. The number of imidazole rings is 1. The first kappa shape index (κ1) is 11.6. The van der Waals surface area contributed by atoms with Crippen LogP contribution in [0.3, 0.4) is 0 Å². The topological polar surface area (TPSA) is 42.7 Å². The first-order valence-corrected chi connectivity index (χ1v) is 5.93. The van der Waals surface area contributed by atoms with Crippen molar-refractivity contribution in [3.05, 3.63) is 35.9 Å². The summed E-state index contributed by atoms with van der Waals surface area (Å²) in [6.07, 6.45) is 4.90. The summed E-state index contributed by atoms with van der Waals surface area (Å²) in [6, 6.07) is 4.05. The number of aromatic nitrogens is 3. The van der Waals surface area contributed by atoms with E-state index in [4.69, 9.17) is 0 Å². The van der Waals surface area contributed by atoms with Crippen LogP contribution in [0.2, 0.25) is 0 Å². The fourth-order valence-corrected chi connectivity index (χ4v) is 1.79. The standard InChI is InChI=1S/C13H18N4/c1-4-8-17-9-7-14-13(17)16-12-6-5-10(2)15-11(12)3/h5-7,9H,4,8H2,1-3H3,(H,14,16). The molecule has 0 spiro atoms. The average molecular weight is 230 g/mol. The monoisotopic (exact) mass is 230 g/mol. The Labute approximate surface area is 102 Å². The first-order chi connectivity index (χ1) is 8.20. The Morgan fingerprint density at radius 1 is 1.29 bits per heavy atom. The average Bonchev–Trinajstić information content (AvgIpc) is 2.71. The highest BCUT2D eigenvalue weighted by Gasteiger charge is 2.05. The number of hydrogen-bond donors (Lipinski definition) is 1. The van der Waals surface area contributed by atoms with Crippen LogP contribution in [0.25, 0.3) is 0 Å². The van der Waals surface area contributed by atoms with Crippen molar-refractivity contribution in [2.24, 2.45) is 0 Å². The van der Waals surface area contributed by atoms with Crippen LogP contribution in [-0.2, 0) is 6.54 Å². The minimum atomic E-state index is 0.876. The number of nitrogens with one attached hydrogen (secondary N) is 1. The lowest BCUT2D eigenvalue weighted by Crippen LogP contribution is -2.04. The van der Waals surface area contributed by atoms with Crippen molar-refractivity contribution in [1.29, 1.82) is 0 Å². The molecule has 0 saturated heterocycles. The Kier molecular flexibility index (Phi) is 3.42. The molecular formula is C13H18N4. The first-order valence-electron chi connectivity index (χ1n) is 5.93.